The summed E-state index contributed by atoms with van der Waals surface area (Å²) in [6.45, 7) is 3.29. The normalized spacial score (nSPS) is 22.6. The second-order valence-corrected chi connectivity index (χ2v) is 6.84. The molecule has 2 aromatic rings. The summed E-state index contributed by atoms with van der Waals surface area (Å²) in [5.74, 6) is 1.82. The highest BCUT2D eigenvalue weighted by Crippen LogP contribution is 2.48. The fourth-order valence-corrected chi connectivity index (χ4v) is 3.83. The van der Waals surface area contributed by atoms with Crippen LogP contribution in [0.15, 0.2) is 54.6 Å². The quantitative estimate of drug-likeness (QED) is 0.860. The number of amides is 1. The molecule has 4 heteroatoms. The molecule has 2 atom stereocenters. The van der Waals surface area contributed by atoms with Gasteiger partial charge in [0.15, 0.2) is 0 Å². The number of para-hydroxylation sites is 2. The molecular formula is C21H24N2O2. The van der Waals surface area contributed by atoms with E-state index in [1.165, 1.54) is 5.56 Å². The third-order valence-electron chi connectivity index (χ3n) is 5.35. The van der Waals surface area contributed by atoms with Gasteiger partial charge in [0.1, 0.15) is 5.75 Å². The highest BCUT2D eigenvalue weighted by molar-refractivity contribution is 5.83. The summed E-state index contributed by atoms with van der Waals surface area (Å²) in [5.41, 5.74) is 2.42. The third kappa shape index (κ3) is 3.21. The summed E-state index contributed by atoms with van der Waals surface area (Å²) in [5, 5.41) is 0. The minimum Gasteiger partial charge on any atom is -0.495 e. The zero-order valence-corrected chi connectivity index (χ0v) is 14.6. The molecule has 1 aliphatic heterocycles. The predicted octanol–water partition coefficient (Wildman–Crippen LogP) is 3.15. The number of carbonyl (C=O) groups excluding carboxylic acids is 1. The summed E-state index contributed by atoms with van der Waals surface area (Å²) >= 11 is 0. The van der Waals surface area contributed by atoms with Crippen LogP contribution in [-0.4, -0.2) is 44.1 Å². The molecule has 1 saturated heterocycles. The molecule has 4 nitrogen and oxygen atoms in total. The van der Waals surface area contributed by atoms with E-state index in [-0.39, 0.29) is 5.92 Å². The molecule has 130 valence electrons. The molecule has 2 fully saturated rings. The largest absolute Gasteiger partial charge is 0.495 e. The Bertz CT molecular complexity index is 739. The first kappa shape index (κ1) is 16.0. The number of carbonyl (C=O) groups is 1. The summed E-state index contributed by atoms with van der Waals surface area (Å²) < 4.78 is 5.46. The molecule has 2 aromatic carbocycles. The van der Waals surface area contributed by atoms with Gasteiger partial charge in [-0.3, -0.25) is 4.79 Å². The van der Waals surface area contributed by atoms with Crippen molar-refractivity contribution in [1.29, 1.82) is 0 Å². The third-order valence-corrected chi connectivity index (χ3v) is 5.35. The molecule has 1 amide bonds. The van der Waals surface area contributed by atoms with Crippen molar-refractivity contribution < 1.29 is 9.53 Å². The molecule has 0 N–H and O–H groups in total. The highest BCUT2D eigenvalue weighted by Gasteiger charge is 2.46. The lowest BCUT2D eigenvalue weighted by Gasteiger charge is -2.36. The van der Waals surface area contributed by atoms with Crippen LogP contribution in [0.3, 0.4) is 0 Å². The fraction of sp³-hybridized carbons (Fsp3) is 0.381. The Kier molecular flexibility index (Phi) is 4.35. The highest BCUT2D eigenvalue weighted by atomic mass is 16.5. The van der Waals surface area contributed by atoms with Crippen molar-refractivity contribution in [2.24, 2.45) is 5.92 Å². The maximum atomic E-state index is 12.8. The standard InChI is InChI=1S/C21H24N2O2/c1-25-20-10-6-5-9-19(20)22-11-13-23(14-12-22)21(24)18-15-17(18)16-7-3-2-4-8-16/h2-10,17-18H,11-15H2,1H3/t17-,18+/m1/s1. The van der Waals surface area contributed by atoms with Crippen molar-refractivity contribution in [1.82, 2.24) is 4.90 Å². The van der Waals surface area contributed by atoms with E-state index in [4.69, 9.17) is 4.74 Å². The van der Waals surface area contributed by atoms with Crippen LogP contribution in [0.4, 0.5) is 5.69 Å². The van der Waals surface area contributed by atoms with Gasteiger partial charge in [0.05, 0.1) is 12.8 Å². The molecule has 0 spiro atoms. The van der Waals surface area contributed by atoms with Gasteiger partial charge in [0.25, 0.3) is 0 Å². The second kappa shape index (κ2) is 6.79. The Balaban J connectivity index is 1.36. The Morgan fingerprint density at radius 3 is 2.36 bits per heavy atom. The van der Waals surface area contributed by atoms with E-state index in [2.05, 4.69) is 35.2 Å². The molecule has 0 bridgehead atoms. The first-order chi connectivity index (χ1) is 12.3. The van der Waals surface area contributed by atoms with Gasteiger partial charge < -0.3 is 14.5 Å². The summed E-state index contributed by atoms with van der Waals surface area (Å²) in [6.07, 6.45) is 0.996. The number of anilines is 1. The van der Waals surface area contributed by atoms with Gasteiger partial charge in [-0.2, -0.15) is 0 Å². The maximum absolute atomic E-state index is 12.8. The van der Waals surface area contributed by atoms with Gasteiger partial charge in [-0.1, -0.05) is 42.5 Å². The van der Waals surface area contributed by atoms with E-state index in [0.29, 0.717) is 11.8 Å². The first-order valence-corrected chi connectivity index (χ1v) is 8.99. The van der Waals surface area contributed by atoms with Crippen molar-refractivity contribution in [3.05, 3.63) is 60.2 Å². The summed E-state index contributed by atoms with van der Waals surface area (Å²) in [6, 6.07) is 18.5. The Morgan fingerprint density at radius 2 is 1.64 bits per heavy atom. The van der Waals surface area contributed by atoms with Crippen LogP contribution >= 0.6 is 0 Å². The Labute approximate surface area is 149 Å². The average molecular weight is 336 g/mol. The van der Waals surface area contributed by atoms with Crippen LogP contribution in [-0.2, 0) is 4.79 Å². The van der Waals surface area contributed by atoms with Crippen molar-refractivity contribution in [3.8, 4) is 5.75 Å². The van der Waals surface area contributed by atoms with Crippen LogP contribution in [0.5, 0.6) is 5.75 Å². The van der Waals surface area contributed by atoms with Gasteiger partial charge in [-0.05, 0) is 30.0 Å². The van der Waals surface area contributed by atoms with Crippen LogP contribution in [0.1, 0.15) is 17.9 Å². The lowest BCUT2D eigenvalue weighted by molar-refractivity contribution is -0.132. The van der Waals surface area contributed by atoms with Gasteiger partial charge in [0.2, 0.25) is 5.91 Å². The summed E-state index contributed by atoms with van der Waals surface area (Å²) in [7, 11) is 1.70. The number of nitrogens with zero attached hydrogens (tertiary/aromatic N) is 2. The van der Waals surface area contributed by atoms with Crippen molar-refractivity contribution in [3.63, 3.8) is 0 Å². The minimum absolute atomic E-state index is 0.181. The van der Waals surface area contributed by atoms with Gasteiger partial charge >= 0.3 is 0 Å². The van der Waals surface area contributed by atoms with Crippen molar-refractivity contribution in [2.45, 2.75) is 12.3 Å². The molecule has 25 heavy (non-hydrogen) atoms. The van der Waals surface area contributed by atoms with Crippen LogP contribution in [0, 0.1) is 5.92 Å². The lowest BCUT2D eigenvalue weighted by atomic mass is 10.1. The zero-order chi connectivity index (χ0) is 17.2. The molecule has 0 unspecified atom stereocenters. The van der Waals surface area contributed by atoms with E-state index < -0.39 is 0 Å². The predicted molar refractivity (Wildman–Crippen MR) is 99.1 cm³/mol. The SMILES string of the molecule is COc1ccccc1N1CCN(C(=O)[C@H]2C[C@@H]2c2ccccc2)CC1. The molecule has 2 aliphatic rings. The van der Waals surface area contributed by atoms with Gasteiger partial charge in [0, 0.05) is 32.1 Å². The first-order valence-electron chi connectivity index (χ1n) is 8.99. The molecule has 0 aromatic heterocycles. The van der Waals surface area contributed by atoms with E-state index in [0.717, 1.165) is 44.0 Å². The summed E-state index contributed by atoms with van der Waals surface area (Å²) in [4.78, 5) is 17.1. The molecular weight excluding hydrogens is 312 g/mol. The Hall–Kier alpha value is -2.49. The number of methoxy groups -OCH3 is 1. The number of benzene rings is 2. The monoisotopic (exact) mass is 336 g/mol. The minimum atomic E-state index is 0.181. The number of ether oxygens (including phenoxy) is 1. The van der Waals surface area contributed by atoms with E-state index >= 15 is 0 Å². The molecule has 1 heterocycles. The maximum Gasteiger partial charge on any atom is 0.226 e. The van der Waals surface area contributed by atoms with Crippen molar-refractivity contribution in [2.75, 3.05) is 38.2 Å². The molecule has 1 saturated carbocycles. The fourth-order valence-electron chi connectivity index (χ4n) is 3.83. The molecule has 4 rings (SSSR count). The Morgan fingerprint density at radius 1 is 0.960 bits per heavy atom. The van der Waals surface area contributed by atoms with E-state index in [1.807, 2.05) is 29.2 Å². The number of piperazine rings is 1. The molecule has 0 radical (unpaired) electrons. The van der Waals surface area contributed by atoms with Crippen LogP contribution in [0.2, 0.25) is 0 Å². The van der Waals surface area contributed by atoms with Crippen LogP contribution in [0.25, 0.3) is 0 Å². The van der Waals surface area contributed by atoms with Gasteiger partial charge in [-0.25, -0.2) is 0 Å². The van der Waals surface area contributed by atoms with Crippen LogP contribution < -0.4 is 9.64 Å². The van der Waals surface area contributed by atoms with Crippen molar-refractivity contribution >= 4 is 11.6 Å². The van der Waals surface area contributed by atoms with E-state index in [1.54, 1.807) is 7.11 Å². The smallest absolute Gasteiger partial charge is 0.226 e. The number of hydrogen-bond donors (Lipinski definition) is 0. The lowest BCUT2D eigenvalue weighted by Crippen LogP contribution is -2.49. The average Bonchev–Trinajstić information content (AvgIpc) is 3.49. The zero-order valence-electron chi connectivity index (χ0n) is 14.6. The number of rotatable bonds is 4. The van der Waals surface area contributed by atoms with Gasteiger partial charge in [-0.15, -0.1) is 0 Å². The number of hydrogen-bond acceptors (Lipinski definition) is 3. The molecule has 1 aliphatic carbocycles. The second-order valence-electron chi connectivity index (χ2n) is 6.84. The topological polar surface area (TPSA) is 32.8 Å². The van der Waals surface area contributed by atoms with E-state index in [9.17, 15) is 4.79 Å².